The van der Waals surface area contributed by atoms with Crippen LogP contribution >= 0.6 is 0 Å². The van der Waals surface area contributed by atoms with E-state index in [4.69, 9.17) is 11.5 Å². The molecule has 4 nitrogen and oxygen atoms in total. The predicted molar refractivity (Wildman–Crippen MR) is 151 cm³/mol. The second kappa shape index (κ2) is 30.4. The summed E-state index contributed by atoms with van der Waals surface area (Å²) in [5.74, 6) is -0.151. The number of unbranched alkanes of at least 4 members (excludes halogenated alkanes) is 24. The third-order valence-electron chi connectivity index (χ3n) is 7.10. The van der Waals surface area contributed by atoms with Crippen molar-refractivity contribution in [2.75, 3.05) is 19.6 Å². The first-order chi connectivity index (χ1) is 16.8. The highest BCUT2D eigenvalue weighted by Crippen LogP contribution is 2.15. The second-order valence-electron chi connectivity index (χ2n) is 10.6. The van der Waals surface area contributed by atoms with Crippen LogP contribution in [-0.4, -0.2) is 25.5 Å². The molecule has 0 aromatic carbocycles. The molecular formula is C30H63N3O. The van der Waals surface area contributed by atoms with Gasteiger partial charge in [-0.2, -0.15) is 0 Å². The molecule has 0 saturated carbocycles. The Morgan fingerprint density at radius 3 is 0.941 bits per heavy atom. The molecule has 0 heterocycles. The van der Waals surface area contributed by atoms with Crippen LogP contribution in [0.4, 0.5) is 0 Å². The summed E-state index contributed by atoms with van der Waals surface area (Å²) in [4.78, 5) is 10.7. The van der Waals surface area contributed by atoms with Crippen molar-refractivity contribution in [2.45, 2.75) is 167 Å². The SMILES string of the molecule is NCCNCCCCCCCCCCCCCCCCCCCCCCCCCCCC(N)=O. The van der Waals surface area contributed by atoms with E-state index in [0.29, 0.717) is 6.42 Å². The summed E-state index contributed by atoms with van der Waals surface area (Å²) >= 11 is 0. The smallest absolute Gasteiger partial charge is 0.217 e. The molecule has 4 heteroatoms. The van der Waals surface area contributed by atoms with Gasteiger partial charge in [-0.05, 0) is 19.4 Å². The van der Waals surface area contributed by atoms with Crippen molar-refractivity contribution in [3.05, 3.63) is 0 Å². The molecule has 0 aliphatic carbocycles. The highest BCUT2D eigenvalue weighted by Gasteiger charge is 1.97. The van der Waals surface area contributed by atoms with Crippen molar-refractivity contribution in [1.82, 2.24) is 5.32 Å². The van der Waals surface area contributed by atoms with Crippen LogP contribution in [0.3, 0.4) is 0 Å². The Kier molecular flexibility index (Phi) is 29.9. The van der Waals surface area contributed by atoms with Gasteiger partial charge in [0.05, 0.1) is 0 Å². The average Bonchev–Trinajstić information content (AvgIpc) is 2.83. The van der Waals surface area contributed by atoms with Crippen LogP contribution in [0.1, 0.15) is 167 Å². The molecule has 0 rings (SSSR count). The van der Waals surface area contributed by atoms with E-state index >= 15 is 0 Å². The average molecular weight is 482 g/mol. The molecule has 0 unspecified atom stereocenters. The largest absolute Gasteiger partial charge is 0.370 e. The van der Waals surface area contributed by atoms with Gasteiger partial charge < -0.3 is 16.8 Å². The minimum atomic E-state index is -0.151. The van der Waals surface area contributed by atoms with E-state index in [9.17, 15) is 4.79 Å². The normalized spacial score (nSPS) is 11.3. The van der Waals surface area contributed by atoms with Crippen LogP contribution in [-0.2, 0) is 4.79 Å². The number of nitrogens with one attached hydrogen (secondary N) is 1. The number of primary amides is 1. The van der Waals surface area contributed by atoms with E-state index in [0.717, 1.165) is 26.1 Å². The van der Waals surface area contributed by atoms with Crippen molar-refractivity contribution in [3.8, 4) is 0 Å². The van der Waals surface area contributed by atoms with Crippen LogP contribution in [0.15, 0.2) is 0 Å². The summed E-state index contributed by atoms with van der Waals surface area (Å²) in [6.45, 7) is 2.86. The van der Waals surface area contributed by atoms with E-state index < -0.39 is 0 Å². The van der Waals surface area contributed by atoms with Crippen LogP contribution in [0.2, 0.25) is 0 Å². The number of hydrogen-bond acceptors (Lipinski definition) is 3. The molecule has 5 N–H and O–H groups in total. The zero-order valence-electron chi connectivity index (χ0n) is 23.1. The fourth-order valence-corrected chi connectivity index (χ4v) is 4.84. The summed E-state index contributed by atoms with van der Waals surface area (Å²) < 4.78 is 0. The van der Waals surface area contributed by atoms with Crippen LogP contribution in [0, 0.1) is 0 Å². The fraction of sp³-hybridized carbons (Fsp3) is 0.967. The first kappa shape index (κ1) is 33.4. The van der Waals surface area contributed by atoms with E-state index in [1.165, 1.54) is 154 Å². The van der Waals surface area contributed by atoms with Gasteiger partial charge in [-0.1, -0.05) is 148 Å². The number of rotatable bonds is 30. The third kappa shape index (κ3) is 31.4. The number of amides is 1. The monoisotopic (exact) mass is 481 g/mol. The van der Waals surface area contributed by atoms with Gasteiger partial charge in [-0.15, -0.1) is 0 Å². The summed E-state index contributed by atoms with van der Waals surface area (Å²) in [7, 11) is 0. The van der Waals surface area contributed by atoms with Gasteiger partial charge in [0.2, 0.25) is 5.91 Å². The molecule has 204 valence electrons. The van der Waals surface area contributed by atoms with Crippen molar-refractivity contribution in [1.29, 1.82) is 0 Å². The molecule has 0 spiro atoms. The number of hydrogen-bond donors (Lipinski definition) is 3. The highest BCUT2D eigenvalue weighted by atomic mass is 16.1. The zero-order chi connectivity index (χ0) is 24.8. The highest BCUT2D eigenvalue weighted by molar-refractivity contribution is 5.73. The second-order valence-corrected chi connectivity index (χ2v) is 10.6. The summed E-state index contributed by atoms with van der Waals surface area (Å²) in [5.41, 5.74) is 10.6. The minimum Gasteiger partial charge on any atom is -0.370 e. The Morgan fingerprint density at radius 1 is 0.412 bits per heavy atom. The standard InChI is InChI=1S/C30H63N3O/c31-27-29-33-28-25-23-21-19-17-15-13-11-9-7-5-3-1-2-4-6-8-10-12-14-16-18-20-22-24-26-30(32)34/h33H,1-29,31H2,(H2,32,34). The third-order valence-corrected chi connectivity index (χ3v) is 7.10. The molecule has 1 amide bonds. The van der Waals surface area contributed by atoms with Gasteiger partial charge in [0.25, 0.3) is 0 Å². The minimum absolute atomic E-state index is 0.151. The van der Waals surface area contributed by atoms with Gasteiger partial charge in [0.1, 0.15) is 0 Å². The first-order valence-corrected chi connectivity index (χ1v) is 15.5. The topological polar surface area (TPSA) is 81.1 Å². The van der Waals surface area contributed by atoms with Crippen LogP contribution in [0.5, 0.6) is 0 Å². The molecule has 0 aromatic rings. The Hall–Kier alpha value is -0.610. The van der Waals surface area contributed by atoms with Gasteiger partial charge in [0.15, 0.2) is 0 Å². The Balaban J connectivity index is 3.01. The maximum Gasteiger partial charge on any atom is 0.217 e. The summed E-state index contributed by atoms with van der Waals surface area (Å²) in [5, 5.41) is 3.37. The lowest BCUT2D eigenvalue weighted by Crippen LogP contribution is -2.23. The lowest BCUT2D eigenvalue weighted by Gasteiger charge is -2.05. The predicted octanol–water partition coefficient (Wildman–Crippen LogP) is 8.16. The number of nitrogens with two attached hydrogens (primary N) is 2. The van der Waals surface area contributed by atoms with Gasteiger partial charge >= 0.3 is 0 Å². The molecule has 0 fully saturated rings. The van der Waals surface area contributed by atoms with Crippen molar-refractivity contribution >= 4 is 5.91 Å². The molecule has 0 aliphatic heterocycles. The van der Waals surface area contributed by atoms with Gasteiger partial charge in [0, 0.05) is 19.5 Å². The maximum absolute atomic E-state index is 10.7. The van der Waals surface area contributed by atoms with Gasteiger partial charge in [-0.3, -0.25) is 4.79 Å². The molecule has 34 heavy (non-hydrogen) atoms. The molecule has 0 saturated heterocycles. The Bertz CT molecular complexity index is 389. The van der Waals surface area contributed by atoms with E-state index in [1.807, 2.05) is 0 Å². The lowest BCUT2D eigenvalue weighted by atomic mass is 10.0. The maximum atomic E-state index is 10.7. The van der Waals surface area contributed by atoms with Crippen LogP contribution in [0.25, 0.3) is 0 Å². The Morgan fingerprint density at radius 2 is 0.676 bits per heavy atom. The van der Waals surface area contributed by atoms with E-state index in [2.05, 4.69) is 5.32 Å². The Labute approximate surface area is 214 Å². The molecule has 0 bridgehead atoms. The fourth-order valence-electron chi connectivity index (χ4n) is 4.84. The zero-order valence-corrected chi connectivity index (χ0v) is 23.1. The van der Waals surface area contributed by atoms with E-state index in [-0.39, 0.29) is 5.91 Å². The lowest BCUT2D eigenvalue weighted by molar-refractivity contribution is -0.118. The number of carbonyl (C=O) groups is 1. The van der Waals surface area contributed by atoms with Crippen molar-refractivity contribution < 1.29 is 4.79 Å². The molecule has 0 radical (unpaired) electrons. The summed E-state index contributed by atoms with van der Waals surface area (Å²) in [6, 6.07) is 0. The first-order valence-electron chi connectivity index (χ1n) is 15.5. The van der Waals surface area contributed by atoms with Gasteiger partial charge in [-0.25, -0.2) is 0 Å². The van der Waals surface area contributed by atoms with E-state index in [1.54, 1.807) is 0 Å². The molecular weight excluding hydrogens is 418 g/mol. The van der Waals surface area contributed by atoms with Crippen LogP contribution < -0.4 is 16.8 Å². The quantitative estimate of drug-likeness (QED) is 0.0905. The molecule has 0 aliphatic rings. The van der Waals surface area contributed by atoms with Crippen molar-refractivity contribution in [2.24, 2.45) is 11.5 Å². The molecule has 0 atom stereocenters. The van der Waals surface area contributed by atoms with Crippen molar-refractivity contribution in [3.63, 3.8) is 0 Å². The number of carbonyl (C=O) groups excluding carboxylic acids is 1. The summed E-state index contributed by atoms with van der Waals surface area (Å²) in [6.07, 6.45) is 35.3. The molecule has 0 aromatic heterocycles.